The maximum Gasteiger partial charge on any atom is 0.410 e. The molecule has 2 rings (SSSR count). The first-order valence-corrected chi connectivity index (χ1v) is 7.58. The minimum atomic E-state index is -0.576. The fraction of sp³-hybridized carbons (Fsp3) is 0.500. The lowest BCUT2D eigenvalue weighted by atomic mass is 9.88. The van der Waals surface area contributed by atoms with Crippen molar-refractivity contribution in [1.29, 1.82) is 0 Å². The van der Waals surface area contributed by atoms with Gasteiger partial charge in [0.15, 0.2) is 0 Å². The molecule has 0 spiro atoms. The smallest absolute Gasteiger partial charge is 0.410 e. The molecule has 1 fully saturated rings. The van der Waals surface area contributed by atoms with Crippen LogP contribution in [0.4, 0.5) is 4.79 Å². The van der Waals surface area contributed by atoms with E-state index in [0.717, 1.165) is 5.56 Å². The number of hydrogen-bond donors (Lipinski definition) is 1. The van der Waals surface area contributed by atoms with E-state index in [1.54, 1.807) is 32.9 Å². The number of ether oxygens (including phenoxy) is 1. The van der Waals surface area contributed by atoms with E-state index in [4.69, 9.17) is 22.1 Å². The highest BCUT2D eigenvalue weighted by atomic mass is 35.5. The predicted molar refractivity (Wildman–Crippen MR) is 84.7 cm³/mol. The van der Waals surface area contributed by atoms with Crippen molar-refractivity contribution in [3.8, 4) is 0 Å². The third kappa shape index (κ3) is 3.91. The summed E-state index contributed by atoms with van der Waals surface area (Å²) >= 11 is 6.02. The first-order valence-electron chi connectivity index (χ1n) is 7.20. The Kier molecular flexibility index (Phi) is 4.66. The molecule has 0 bridgehead atoms. The van der Waals surface area contributed by atoms with Crippen LogP contribution in [0, 0.1) is 5.92 Å². The van der Waals surface area contributed by atoms with Crippen molar-refractivity contribution < 1.29 is 14.3 Å². The number of likely N-dealkylation sites (tertiary alicyclic amines) is 1. The van der Waals surface area contributed by atoms with Gasteiger partial charge in [-0.2, -0.15) is 0 Å². The summed E-state index contributed by atoms with van der Waals surface area (Å²) in [6, 6.07) is 7.29. The molecule has 6 heteroatoms. The summed E-state index contributed by atoms with van der Waals surface area (Å²) in [6.07, 6.45) is -0.428. The average molecular weight is 325 g/mol. The van der Waals surface area contributed by atoms with Gasteiger partial charge in [-0.25, -0.2) is 4.79 Å². The average Bonchev–Trinajstić information content (AvgIpc) is 2.82. The van der Waals surface area contributed by atoms with Crippen molar-refractivity contribution in [3.05, 3.63) is 34.9 Å². The quantitative estimate of drug-likeness (QED) is 0.909. The number of nitrogens with two attached hydrogens (primary N) is 1. The van der Waals surface area contributed by atoms with Gasteiger partial charge in [0, 0.05) is 24.0 Å². The van der Waals surface area contributed by atoms with Crippen molar-refractivity contribution in [3.63, 3.8) is 0 Å². The van der Waals surface area contributed by atoms with Crippen LogP contribution in [0.3, 0.4) is 0 Å². The normalized spacial score (nSPS) is 21.7. The molecule has 1 aliphatic rings. The summed E-state index contributed by atoms with van der Waals surface area (Å²) in [7, 11) is 0. The fourth-order valence-electron chi connectivity index (χ4n) is 2.64. The third-order valence-corrected chi connectivity index (χ3v) is 3.85. The molecule has 1 saturated heterocycles. The number of nitrogens with zero attached hydrogens (tertiary/aromatic N) is 1. The molecule has 22 heavy (non-hydrogen) atoms. The zero-order valence-electron chi connectivity index (χ0n) is 13.0. The Bertz CT molecular complexity index is 583. The molecule has 2 unspecified atom stereocenters. The van der Waals surface area contributed by atoms with Crippen LogP contribution in [0.5, 0.6) is 0 Å². The number of hydrogen-bond acceptors (Lipinski definition) is 3. The number of carbonyl (C=O) groups is 2. The highest BCUT2D eigenvalue weighted by Gasteiger charge is 2.40. The minimum absolute atomic E-state index is 0.163. The van der Waals surface area contributed by atoms with Crippen molar-refractivity contribution in [2.24, 2.45) is 11.7 Å². The third-order valence-electron chi connectivity index (χ3n) is 3.61. The van der Waals surface area contributed by atoms with Gasteiger partial charge in [-0.15, -0.1) is 0 Å². The number of benzene rings is 1. The van der Waals surface area contributed by atoms with Crippen LogP contribution >= 0.6 is 11.6 Å². The van der Waals surface area contributed by atoms with Gasteiger partial charge >= 0.3 is 6.09 Å². The van der Waals surface area contributed by atoms with Crippen molar-refractivity contribution in [2.75, 3.05) is 13.1 Å². The van der Waals surface area contributed by atoms with E-state index in [0.29, 0.717) is 11.6 Å². The molecule has 2 amide bonds. The summed E-state index contributed by atoms with van der Waals surface area (Å²) in [5.41, 5.74) is 5.83. The molecule has 0 aliphatic carbocycles. The fourth-order valence-corrected chi connectivity index (χ4v) is 2.84. The minimum Gasteiger partial charge on any atom is -0.444 e. The molecule has 1 heterocycles. The Morgan fingerprint density at radius 3 is 2.55 bits per heavy atom. The summed E-state index contributed by atoms with van der Waals surface area (Å²) in [4.78, 5) is 25.5. The molecule has 1 aliphatic heterocycles. The van der Waals surface area contributed by atoms with Gasteiger partial charge in [0.25, 0.3) is 0 Å². The molecule has 0 radical (unpaired) electrons. The molecule has 1 aromatic carbocycles. The SMILES string of the molecule is CC(C)(C)OC(=O)N1CC(C(N)=O)C(c2cccc(Cl)c2)C1. The lowest BCUT2D eigenvalue weighted by Gasteiger charge is -2.24. The second-order valence-corrected chi connectivity index (χ2v) is 6.99. The van der Waals surface area contributed by atoms with Gasteiger partial charge < -0.3 is 15.4 Å². The molecular formula is C16H21ClN2O3. The van der Waals surface area contributed by atoms with E-state index < -0.39 is 23.5 Å². The number of carbonyl (C=O) groups excluding carboxylic acids is 2. The molecule has 2 N–H and O–H groups in total. The van der Waals surface area contributed by atoms with Crippen LogP contribution < -0.4 is 5.73 Å². The van der Waals surface area contributed by atoms with Crippen LogP contribution in [-0.2, 0) is 9.53 Å². The zero-order valence-corrected chi connectivity index (χ0v) is 13.8. The summed E-state index contributed by atoms with van der Waals surface area (Å²) in [5.74, 6) is -1.02. The number of amides is 2. The summed E-state index contributed by atoms with van der Waals surface area (Å²) in [5, 5.41) is 0.594. The van der Waals surface area contributed by atoms with Gasteiger partial charge in [0.05, 0.1) is 5.92 Å². The van der Waals surface area contributed by atoms with Gasteiger partial charge in [-0.3, -0.25) is 4.79 Å². The molecule has 0 aromatic heterocycles. The van der Waals surface area contributed by atoms with E-state index in [-0.39, 0.29) is 12.5 Å². The lowest BCUT2D eigenvalue weighted by molar-refractivity contribution is -0.121. The Labute approximate surface area is 135 Å². The van der Waals surface area contributed by atoms with Crippen molar-refractivity contribution in [1.82, 2.24) is 4.90 Å². The molecule has 120 valence electrons. The van der Waals surface area contributed by atoms with Crippen LogP contribution in [0.25, 0.3) is 0 Å². The van der Waals surface area contributed by atoms with E-state index in [9.17, 15) is 9.59 Å². The molecular weight excluding hydrogens is 304 g/mol. The van der Waals surface area contributed by atoms with Crippen molar-refractivity contribution in [2.45, 2.75) is 32.3 Å². The lowest BCUT2D eigenvalue weighted by Crippen LogP contribution is -2.36. The van der Waals surface area contributed by atoms with Crippen LogP contribution in [0.15, 0.2) is 24.3 Å². The van der Waals surface area contributed by atoms with E-state index in [1.807, 2.05) is 12.1 Å². The molecule has 0 saturated carbocycles. The van der Waals surface area contributed by atoms with Crippen molar-refractivity contribution >= 4 is 23.6 Å². The van der Waals surface area contributed by atoms with Gasteiger partial charge in [0.2, 0.25) is 5.91 Å². The maximum absolute atomic E-state index is 12.2. The predicted octanol–water partition coefficient (Wildman–Crippen LogP) is 2.78. The summed E-state index contributed by atoms with van der Waals surface area (Å²) in [6.45, 7) is 6.08. The second-order valence-electron chi connectivity index (χ2n) is 6.56. The molecule has 1 aromatic rings. The largest absolute Gasteiger partial charge is 0.444 e. The van der Waals surface area contributed by atoms with Gasteiger partial charge in [-0.05, 0) is 38.5 Å². The first kappa shape index (κ1) is 16.6. The first-order chi connectivity index (χ1) is 10.2. The second kappa shape index (κ2) is 6.16. The van der Waals surface area contributed by atoms with E-state index in [1.165, 1.54) is 4.90 Å². The molecule has 5 nitrogen and oxygen atoms in total. The van der Waals surface area contributed by atoms with E-state index in [2.05, 4.69) is 0 Å². The highest BCUT2D eigenvalue weighted by molar-refractivity contribution is 6.30. The molecule has 2 atom stereocenters. The standard InChI is InChI=1S/C16H21ClN2O3/c1-16(2,3)22-15(21)19-8-12(13(9-19)14(18)20)10-5-4-6-11(17)7-10/h4-7,12-13H,8-9H2,1-3H3,(H2,18,20). The van der Waals surface area contributed by atoms with Gasteiger partial charge in [0.1, 0.15) is 5.60 Å². The number of halogens is 1. The van der Waals surface area contributed by atoms with E-state index >= 15 is 0 Å². The topological polar surface area (TPSA) is 72.6 Å². The Morgan fingerprint density at radius 2 is 2.00 bits per heavy atom. The highest BCUT2D eigenvalue weighted by Crippen LogP contribution is 2.34. The summed E-state index contributed by atoms with van der Waals surface area (Å²) < 4.78 is 5.37. The Balaban J connectivity index is 2.20. The maximum atomic E-state index is 12.2. The van der Waals surface area contributed by atoms with Crippen LogP contribution in [0.2, 0.25) is 5.02 Å². The van der Waals surface area contributed by atoms with Crippen LogP contribution in [0.1, 0.15) is 32.3 Å². The number of primary amides is 1. The number of rotatable bonds is 2. The monoisotopic (exact) mass is 324 g/mol. The Morgan fingerprint density at radius 1 is 1.32 bits per heavy atom. The van der Waals surface area contributed by atoms with Gasteiger partial charge in [-0.1, -0.05) is 23.7 Å². The Hall–Kier alpha value is -1.75. The van der Waals surface area contributed by atoms with Crippen LogP contribution in [-0.4, -0.2) is 35.6 Å². The zero-order chi connectivity index (χ0) is 16.5.